The molecule has 0 fully saturated rings. The molecule has 1 unspecified atom stereocenters. The van der Waals surface area contributed by atoms with E-state index in [1.807, 2.05) is 17.7 Å². The summed E-state index contributed by atoms with van der Waals surface area (Å²) in [5.74, 6) is 0.175. The molecule has 0 aliphatic heterocycles. The first kappa shape index (κ1) is 14.5. The van der Waals surface area contributed by atoms with Gasteiger partial charge in [-0.15, -0.1) is 0 Å². The number of nitrogens with one attached hydrogen (secondary N) is 1. The van der Waals surface area contributed by atoms with Gasteiger partial charge in [-0.1, -0.05) is 12.1 Å². The number of halogens is 2. The van der Waals surface area contributed by atoms with Crippen LogP contribution in [0.5, 0.6) is 5.75 Å². The summed E-state index contributed by atoms with van der Waals surface area (Å²) in [6.45, 7) is 0.868. The maximum atomic E-state index is 12.0. The normalized spacial score (nSPS) is 12.6. The summed E-state index contributed by atoms with van der Waals surface area (Å²) in [5, 5.41) is 3.36. The first-order valence-electron chi connectivity index (χ1n) is 6.39. The highest BCUT2D eigenvalue weighted by Gasteiger charge is 2.07. The highest BCUT2D eigenvalue weighted by molar-refractivity contribution is 5.28. The predicted octanol–water partition coefficient (Wildman–Crippen LogP) is 2.84. The van der Waals surface area contributed by atoms with E-state index in [4.69, 9.17) is 0 Å². The van der Waals surface area contributed by atoms with Crippen LogP contribution in [0.4, 0.5) is 8.78 Å². The fourth-order valence-electron chi connectivity index (χ4n) is 1.88. The predicted molar refractivity (Wildman–Crippen MR) is 71.7 cm³/mol. The lowest BCUT2D eigenvalue weighted by molar-refractivity contribution is -0.0498. The van der Waals surface area contributed by atoms with Gasteiger partial charge in [-0.05, 0) is 24.6 Å². The lowest BCUT2D eigenvalue weighted by atomic mass is 10.1. The van der Waals surface area contributed by atoms with Crippen molar-refractivity contribution in [3.05, 3.63) is 48.5 Å². The number of hydrogen-bond donors (Lipinski definition) is 1. The zero-order chi connectivity index (χ0) is 14.4. The summed E-state index contributed by atoms with van der Waals surface area (Å²) < 4.78 is 30.4. The Morgan fingerprint density at radius 1 is 1.30 bits per heavy atom. The minimum absolute atomic E-state index is 0.138. The molecule has 2 aromatic rings. The van der Waals surface area contributed by atoms with Crippen LogP contribution < -0.4 is 10.1 Å². The smallest absolute Gasteiger partial charge is 0.387 e. The van der Waals surface area contributed by atoms with Crippen molar-refractivity contribution in [2.75, 3.05) is 6.54 Å². The van der Waals surface area contributed by atoms with Crippen molar-refractivity contribution in [3.8, 4) is 5.75 Å². The van der Waals surface area contributed by atoms with Gasteiger partial charge in [0.25, 0.3) is 0 Å². The van der Waals surface area contributed by atoms with Crippen LogP contribution in [-0.2, 0) is 6.54 Å². The number of nitrogens with zero attached hydrogens (tertiary/aromatic N) is 2. The molecule has 0 saturated carbocycles. The summed E-state index contributed by atoms with van der Waals surface area (Å²) in [5.41, 5.74) is 1.03. The van der Waals surface area contributed by atoms with Crippen LogP contribution in [0.25, 0.3) is 0 Å². The third-order valence-corrected chi connectivity index (χ3v) is 2.98. The first-order chi connectivity index (χ1) is 9.65. The van der Waals surface area contributed by atoms with Crippen LogP contribution in [0.1, 0.15) is 18.5 Å². The second-order valence-electron chi connectivity index (χ2n) is 4.42. The van der Waals surface area contributed by atoms with Gasteiger partial charge in [-0.2, -0.15) is 8.78 Å². The molecule has 1 heterocycles. The molecule has 1 atom stereocenters. The van der Waals surface area contributed by atoms with Crippen molar-refractivity contribution in [2.24, 2.45) is 0 Å². The molecule has 108 valence electrons. The fraction of sp³-hybridized carbons (Fsp3) is 0.357. The summed E-state index contributed by atoms with van der Waals surface area (Å²) in [6.07, 6.45) is 5.41. The summed E-state index contributed by atoms with van der Waals surface area (Å²) in [6, 6.07) is 6.81. The third-order valence-electron chi connectivity index (χ3n) is 2.98. The van der Waals surface area contributed by atoms with E-state index in [1.54, 1.807) is 36.8 Å². The van der Waals surface area contributed by atoms with E-state index < -0.39 is 6.61 Å². The molecule has 4 nitrogen and oxygen atoms in total. The Balaban J connectivity index is 1.81. The highest BCUT2D eigenvalue weighted by Crippen LogP contribution is 2.18. The van der Waals surface area contributed by atoms with Gasteiger partial charge in [0.15, 0.2) is 0 Å². The van der Waals surface area contributed by atoms with Crippen molar-refractivity contribution in [1.29, 1.82) is 0 Å². The van der Waals surface area contributed by atoms with Gasteiger partial charge in [0.05, 0.1) is 6.33 Å². The molecule has 0 bridgehead atoms. The SMILES string of the molecule is CC(NCCn1ccnc1)c1ccc(OC(F)F)cc1. The molecular weight excluding hydrogens is 264 g/mol. The average Bonchev–Trinajstić information content (AvgIpc) is 2.92. The zero-order valence-electron chi connectivity index (χ0n) is 11.2. The minimum atomic E-state index is -2.79. The van der Waals surface area contributed by atoms with Crippen molar-refractivity contribution in [3.63, 3.8) is 0 Å². The molecule has 0 aliphatic rings. The standard InChI is InChI=1S/C14H17F2N3O/c1-11(18-7-9-19-8-6-17-10-19)12-2-4-13(5-3-12)20-14(15)16/h2-6,8,10-11,14,18H,7,9H2,1H3. The Hall–Kier alpha value is -1.95. The van der Waals surface area contributed by atoms with Gasteiger partial charge in [-0.3, -0.25) is 0 Å². The number of benzene rings is 1. The van der Waals surface area contributed by atoms with Crippen molar-refractivity contribution in [1.82, 2.24) is 14.9 Å². The van der Waals surface area contributed by atoms with E-state index in [0.717, 1.165) is 18.7 Å². The van der Waals surface area contributed by atoms with Crippen LogP contribution in [0, 0.1) is 0 Å². The van der Waals surface area contributed by atoms with E-state index in [9.17, 15) is 8.78 Å². The van der Waals surface area contributed by atoms with Crippen molar-refractivity contribution >= 4 is 0 Å². The second kappa shape index (κ2) is 7.00. The molecule has 1 N–H and O–H groups in total. The Morgan fingerprint density at radius 3 is 2.65 bits per heavy atom. The molecular formula is C14H17F2N3O. The maximum absolute atomic E-state index is 12.0. The molecule has 0 saturated heterocycles. The van der Waals surface area contributed by atoms with E-state index in [1.165, 1.54) is 0 Å². The molecule has 0 spiro atoms. The van der Waals surface area contributed by atoms with Crippen molar-refractivity contribution < 1.29 is 13.5 Å². The monoisotopic (exact) mass is 281 g/mol. The fourth-order valence-corrected chi connectivity index (χ4v) is 1.88. The summed E-state index contributed by atoms with van der Waals surface area (Å²) in [7, 11) is 0. The van der Waals surface area contributed by atoms with E-state index >= 15 is 0 Å². The topological polar surface area (TPSA) is 39.1 Å². The van der Waals surface area contributed by atoms with Gasteiger partial charge < -0.3 is 14.6 Å². The number of aromatic nitrogens is 2. The minimum Gasteiger partial charge on any atom is -0.435 e. The molecule has 0 amide bonds. The van der Waals surface area contributed by atoms with Crippen LogP contribution in [0.2, 0.25) is 0 Å². The van der Waals surface area contributed by atoms with Gasteiger partial charge in [0.2, 0.25) is 0 Å². The van der Waals surface area contributed by atoms with Gasteiger partial charge in [0.1, 0.15) is 5.75 Å². The third kappa shape index (κ3) is 4.31. The van der Waals surface area contributed by atoms with E-state index in [2.05, 4.69) is 15.0 Å². The van der Waals surface area contributed by atoms with E-state index in [-0.39, 0.29) is 11.8 Å². The van der Waals surface area contributed by atoms with Gasteiger partial charge in [0, 0.05) is 31.5 Å². The highest BCUT2D eigenvalue weighted by atomic mass is 19.3. The van der Waals surface area contributed by atoms with Crippen LogP contribution in [0.3, 0.4) is 0 Å². The molecule has 1 aromatic carbocycles. The van der Waals surface area contributed by atoms with Crippen LogP contribution in [0.15, 0.2) is 43.0 Å². The molecule has 1 aromatic heterocycles. The summed E-state index contributed by atoms with van der Waals surface area (Å²) >= 11 is 0. The van der Waals surface area contributed by atoms with E-state index in [0.29, 0.717) is 0 Å². The maximum Gasteiger partial charge on any atom is 0.387 e. The number of hydrogen-bond acceptors (Lipinski definition) is 3. The molecule has 0 radical (unpaired) electrons. The van der Waals surface area contributed by atoms with Crippen LogP contribution in [-0.4, -0.2) is 22.7 Å². The van der Waals surface area contributed by atoms with Crippen molar-refractivity contribution in [2.45, 2.75) is 26.1 Å². The molecule has 20 heavy (non-hydrogen) atoms. The second-order valence-corrected chi connectivity index (χ2v) is 4.42. The number of ether oxygens (including phenoxy) is 1. The Kier molecular flexibility index (Phi) is 5.06. The zero-order valence-corrected chi connectivity index (χ0v) is 11.2. The Morgan fingerprint density at radius 2 is 2.05 bits per heavy atom. The Bertz CT molecular complexity index is 500. The lowest BCUT2D eigenvalue weighted by Crippen LogP contribution is -2.23. The van der Waals surface area contributed by atoms with Crippen LogP contribution >= 0.6 is 0 Å². The lowest BCUT2D eigenvalue weighted by Gasteiger charge is -2.15. The molecule has 6 heteroatoms. The largest absolute Gasteiger partial charge is 0.435 e. The molecule has 0 aliphatic carbocycles. The van der Waals surface area contributed by atoms with Gasteiger partial charge in [-0.25, -0.2) is 4.98 Å². The quantitative estimate of drug-likeness (QED) is 0.848. The number of rotatable bonds is 7. The Labute approximate surface area is 116 Å². The number of imidazole rings is 1. The average molecular weight is 281 g/mol. The first-order valence-corrected chi connectivity index (χ1v) is 6.39. The summed E-state index contributed by atoms with van der Waals surface area (Å²) in [4.78, 5) is 3.97. The van der Waals surface area contributed by atoms with Gasteiger partial charge >= 0.3 is 6.61 Å². The molecule has 2 rings (SSSR count). The number of alkyl halides is 2.